The maximum Gasteiger partial charge on any atom is 0.163 e. The quantitative estimate of drug-likeness (QED) is 0.522. The van der Waals surface area contributed by atoms with Crippen molar-refractivity contribution in [2.75, 3.05) is 5.32 Å². The second-order valence-electron chi connectivity index (χ2n) is 5.83. The van der Waals surface area contributed by atoms with Gasteiger partial charge in [-0.25, -0.2) is 9.97 Å². The topological polar surface area (TPSA) is 37.8 Å². The Hall–Kier alpha value is -2.72. The Morgan fingerprint density at radius 2 is 1.71 bits per heavy atom. The van der Waals surface area contributed by atoms with E-state index in [1.54, 1.807) is 11.3 Å². The van der Waals surface area contributed by atoms with E-state index < -0.39 is 0 Å². The van der Waals surface area contributed by atoms with Crippen LogP contribution in [-0.4, -0.2) is 9.97 Å². The maximum absolute atomic E-state index is 4.79. The fraction of sp³-hybridized carbons (Fsp3) is 0.100. The molecule has 0 aliphatic rings. The number of nitrogens with one attached hydrogen (secondary N) is 1. The molecule has 0 bridgehead atoms. The molecule has 2 aromatic carbocycles. The minimum atomic E-state index is 0.750. The van der Waals surface area contributed by atoms with Crippen LogP contribution in [0.25, 0.3) is 21.6 Å². The number of rotatable bonds is 3. The zero-order valence-corrected chi connectivity index (χ0v) is 14.4. The minimum absolute atomic E-state index is 0.750. The van der Waals surface area contributed by atoms with E-state index in [4.69, 9.17) is 9.97 Å². The molecule has 2 aromatic heterocycles. The fourth-order valence-electron chi connectivity index (χ4n) is 2.71. The van der Waals surface area contributed by atoms with Gasteiger partial charge in [0.25, 0.3) is 0 Å². The molecule has 4 rings (SSSR count). The summed E-state index contributed by atoms with van der Waals surface area (Å²) in [6.07, 6.45) is 0. The molecular weight excluding hydrogens is 314 g/mol. The fourth-order valence-corrected chi connectivity index (χ4v) is 3.59. The predicted octanol–water partition coefficient (Wildman–Crippen LogP) is 5.72. The Balaban J connectivity index is 1.86. The SMILES string of the molecule is Cc1cccc(Nc2nc(-c3ccccc3)nc3sc(C)cc23)c1. The van der Waals surface area contributed by atoms with Gasteiger partial charge in [-0.15, -0.1) is 11.3 Å². The Morgan fingerprint density at radius 3 is 2.50 bits per heavy atom. The van der Waals surface area contributed by atoms with E-state index in [0.717, 1.165) is 33.1 Å². The lowest BCUT2D eigenvalue weighted by molar-refractivity contribution is 1.23. The van der Waals surface area contributed by atoms with Gasteiger partial charge in [0.15, 0.2) is 5.82 Å². The number of anilines is 2. The van der Waals surface area contributed by atoms with Crippen LogP contribution in [0, 0.1) is 13.8 Å². The summed E-state index contributed by atoms with van der Waals surface area (Å²) in [5.74, 6) is 1.61. The van der Waals surface area contributed by atoms with Crippen LogP contribution in [0.2, 0.25) is 0 Å². The molecule has 4 aromatic rings. The average Bonchev–Trinajstić information content (AvgIpc) is 2.96. The molecule has 24 heavy (non-hydrogen) atoms. The third kappa shape index (κ3) is 2.88. The lowest BCUT2D eigenvalue weighted by atomic mass is 10.2. The van der Waals surface area contributed by atoms with Crippen LogP contribution in [-0.2, 0) is 0 Å². The first-order valence-corrected chi connectivity index (χ1v) is 8.68. The maximum atomic E-state index is 4.79. The first-order chi connectivity index (χ1) is 11.7. The van der Waals surface area contributed by atoms with Gasteiger partial charge in [-0.1, -0.05) is 42.5 Å². The van der Waals surface area contributed by atoms with Crippen molar-refractivity contribution in [3.8, 4) is 11.4 Å². The number of hydrogen-bond acceptors (Lipinski definition) is 4. The van der Waals surface area contributed by atoms with Crippen molar-refractivity contribution < 1.29 is 0 Å². The molecule has 0 unspecified atom stereocenters. The van der Waals surface area contributed by atoms with Gasteiger partial charge in [-0.2, -0.15) is 0 Å². The summed E-state index contributed by atoms with van der Waals surface area (Å²) in [7, 11) is 0. The third-order valence-electron chi connectivity index (χ3n) is 3.83. The molecule has 1 N–H and O–H groups in total. The molecule has 0 aliphatic heterocycles. The lowest BCUT2D eigenvalue weighted by Gasteiger charge is -2.09. The number of benzene rings is 2. The van der Waals surface area contributed by atoms with Crippen LogP contribution >= 0.6 is 11.3 Å². The van der Waals surface area contributed by atoms with Crippen LogP contribution in [0.1, 0.15) is 10.4 Å². The number of thiophene rings is 1. The molecule has 118 valence electrons. The van der Waals surface area contributed by atoms with E-state index in [0.29, 0.717) is 0 Å². The molecule has 0 saturated heterocycles. The van der Waals surface area contributed by atoms with Crippen LogP contribution in [0.5, 0.6) is 0 Å². The van der Waals surface area contributed by atoms with E-state index in [-0.39, 0.29) is 0 Å². The van der Waals surface area contributed by atoms with Gasteiger partial charge in [-0.05, 0) is 37.6 Å². The molecule has 2 heterocycles. The minimum Gasteiger partial charge on any atom is -0.340 e. The number of aryl methyl sites for hydroxylation is 2. The van der Waals surface area contributed by atoms with Crippen LogP contribution < -0.4 is 5.32 Å². The second-order valence-corrected chi connectivity index (χ2v) is 7.07. The van der Waals surface area contributed by atoms with Crippen molar-refractivity contribution in [3.05, 3.63) is 71.1 Å². The van der Waals surface area contributed by atoms with E-state index in [2.05, 4.69) is 43.4 Å². The van der Waals surface area contributed by atoms with Gasteiger partial charge in [0.1, 0.15) is 10.6 Å². The van der Waals surface area contributed by atoms with Crippen LogP contribution in [0.3, 0.4) is 0 Å². The van der Waals surface area contributed by atoms with E-state index >= 15 is 0 Å². The first kappa shape index (κ1) is 14.8. The van der Waals surface area contributed by atoms with E-state index in [1.807, 2.05) is 36.4 Å². The highest BCUT2D eigenvalue weighted by Crippen LogP contribution is 2.32. The highest BCUT2D eigenvalue weighted by molar-refractivity contribution is 7.18. The van der Waals surface area contributed by atoms with Crippen molar-refractivity contribution in [3.63, 3.8) is 0 Å². The second kappa shape index (κ2) is 6.06. The number of aromatic nitrogens is 2. The molecule has 0 saturated carbocycles. The Bertz CT molecular complexity index is 1010. The van der Waals surface area contributed by atoms with Gasteiger partial charge in [0.05, 0.1) is 5.39 Å². The summed E-state index contributed by atoms with van der Waals surface area (Å²) in [6.45, 7) is 4.19. The summed E-state index contributed by atoms with van der Waals surface area (Å²) < 4.78 is 0. The van der Waals surface area contributed by atoms with Gasteiger partial charge in [0.2, 0.25) is 0 Å². The van der Waals surface area contributed by atoms with Crippen molar-refractivity contribution in [2.24, 2.45) is 0 Å². The Kier molecular flexibility index (Phi) is 3.75. The molecule has 4 heteroatoms. The van der Waals surface area contributed by atoms with Crippen molar-refractivity contribution in [1.82, 2.24) is 9.97 Å². The molecule has 0 radical (unpaired) electrons. The monoisotopic (exact) mass is 331 g/mol. The number of nitrogens with zero attached hydrogens (tertiary/aromatic N) is 2. The van der Waals surface area contributed by atoms with Crippen LogP contribution in [0.15, 0.2) is 60.7 Å². The molecule has 0 amide bonds. The summed E-state index contributed by atoms with van der Waals surface area (Å²) in [4.78, 5) is 11.8. The molecule has 3 nitrogen and oxygen atoms in total. The normalized spacial score (nSPS) is 10.9. The van der Waals surface area contributed by atoms with Gasteiger partial charge in [0, 0.05) is 16.1 Å². The van der Waals surface area contributed by atoms with Crippen molar-refractivity contribution in [1.29, 1.82) is 0 Å². The molecule has 0 spiro atoms. The molecular formula is C20H17N3S. The van der Waals surface area contributed by atoms with Crippen molar-refractivity contribution >= 4 is 33.1 Å². The third-order valence-corrected chi connectivity index (χ3v) is 4.77. The zero-order chi connectivity index (χ0) is 16.5. The summed E-state index contributed by atoms with van der Waals surface area (Å²) >= 11 is 1.70. The van der Waals surface area contributed by atoms with Gasteiger partial charge >= 0.3 is 0 Å². The summed E-state index contributed by atoms with van der Waals surface area (Å²) in [5, 5.41) is 4.54. The standard InChI is InChI=1S/C20H17N3S/c1-13-7-6-10-16(11-13)21-19-17-12-14(2)24-20(17)23-18(22-19)15-8-4-3-5-9-15/h3-12H,1-2H3,(H,21,22,23). The number of fused-ring (bicyclic) bond motifs is 1. The molecule has 0 fully saturated rings. The highest BCUT2D eigenvalue weighted by atomic mass is 32.1. The predicted molar refractivity (Wildman–Crippen MR) is 102 cm³/mol. The molecule has 0 aliphatic carbocycles. The van der Waals surface area contributed by atoms with E-state index in [9.17, 15) is 0 Å². The Morgan fingerprint density at radius 1 is 0.875 bits per heavy atom. The summed E-state index contributed by atoms with van der Waals surface area (Å²) in [6, 6.07) is 20.6. The lowest BCUT2D eigenvalue weighted by Crippen LogP contribution is -1.98. The Labute approximate surface area is 145 Å². The smallest absolute Gasteiger partial charge is 0.163 e. The molecule has 0 atom stereocenters. The summed E-state index contributed by atoms with van der Waals surface area (Å²) in [5.41, 5.74) is 3.28. The zero-order valence-electron chi connectivity index (χ0n) is 13.6. The van der Waals surface area contributed by atoms with E-state index in [1.165, 1.54) is 10.4 Å². The highest BCUT2D eigenvalue weighted by Gasteiger charge is 2.12. The largest absolute Gasteiger partial charge is 0.340 e. The average molecular weight is 331 g/mol. The van der Waals surface area contributed by atoms with Gasteiger partial charge in [-0.3, -0.25) is 0 Å². The van der Waals surface area contributed by atoms with Crippen molar-refractivity contribution in [2.45, 2.75) is 13.8 Å². The van der Waals surface area contributed by atoms with Crippen LogP contribution in [0.4, 0.5) is 11.5 Å². The first-order valence-electron chi connectivity index (χ1n) is 7.86. The number of hydrogen-bond donors (Lipinski definition) is 1. The van der Waals surface area contributed by atoms with Gasteiger partial charge < -0.3 is 5.32 Å².